The average molecular weight is 223 g/mol. The van der Waals surface area contributed by atoms with Gasteiger partial charge in [-0.25, -0.2) is 9.97 Å². The Morgan fingerprint density at radius 3 is 2.73 bits per heavy atom. The Kier molecular flexibility index (Phi) is 4.30. The lowest BCUT2D eigenvalue weighted by atomic mass is 10.2. The molecule has 0 aliphatic heterocycles. The van der Waals surface area contributed by atoms with Crippen LogP contribution >= 0.6 is 11.8 Å². The van der Waals surface area contributed by atoms with Gasteiger partial charge in [0.1, 0.15) is 6.33 Å². The topological polar surface area (TPSA) is 46.1 Å². The van der Waals surface area contributed by atoms with E-state index in [4.69, 9.17) is 0 Å². The van der Waals surface area contributed by atoms with E-state index in [1.807, 2.05) is 25.3 Å². The molecule has 0 aliphatic carbocycles. The van der Waals surface area contributed by atoms with Gasteiger partial charge in [-0.3, -0.25) is 4.79 Å². The maximum Gasteiger partial charge on any atom is 0.153 e. The fourth-order valence-electron chi connectivity index (χ4n) is 1.04. The number of thioether (sulfide) groups is 1. The summed E-state index contributed by atoms with van der Waals surface area (Å²) in [5.74, 6) is 0. The van der Waals surface area contributed by atoms with Gasteiger partial charge < -0.3 is 4.90 Å². The zero-order chi connectivity index (χ0) is 11.3. The highest BCUT2D eigenvalue weighted by molar-refractivity contribution is 7.98. The molecule has 1 heterocycles. The van der Waals surface area contributed by atoms with E-state index in [-0.39, 0.29) is 0 Å². The SMILES string of the molecule is CSc1cc(/C(C=O)=C\N(C)C)ncn1. The van der Waals surface area contributed by atoms with Gasteiger partial charge in [-0.1, -0.05) is 0 Å². The maximum absolute atomic E-state index is 10.9. The van der Waals surface area contributed by atoms with Crippen molar-refractivity contribution in [3.8, 4) is 0 Å². The molecule has 0 amide bonds. The third-order valence-corrected chi connectivity index (χ3v) is 2.31. The maximum atomic E-state index is 10.9. The second-order valence-electron chi connectivity index (χ2n) is 3.11. The first-order valence-electron chi connectivity index (χ1n) is 4.37. The van der Waals surface area contributed by atoms with Crippen molar-refractivity contribution in [2.75, 3.05) is 20.4 Å². The van der Waals surface area contributed by atoms with Crippen LogP contribution < -0.4 is 0 Å². The number of aldehydes is 1. The monoisotopic (exact) mass is 223 g/mol. The Morgan fingerprint density at radius 1 is 1.47 bits per heavy atom. The fourth-order valence-corrected chi connectivity index (χ4v) is 1.43. The van der Waals surface area contributed by atoms with Gasteiger partial charge in [0.15, 0.2) is 6.29 Å². The molecular weight excluding hydrogens is 210 g/mol. The van der Waals surface area contributed by atoms with Gasteiger partial charge in [0, 0.05) is 20.3 Å². The van der Waals surface area contributed by atoms with Crippen molar-refractivity contribution in [1.82, 2.24) is 14.9 Å². The first-order chi connectivity index (χ1) is 7.17. The number of carbonyl (C=O) groups is 1. The fraction of sp³-hybridized carbons (Fsp3) is 0.300. The number of aromatic nitrogens is 2. The minimum atomic E-state index is 0.553. The molecule has 0 atom stereocenters. The molecule has 1 rings (SSSR count). The second-order valence-corrected chi connectivity index (χ2v) is 3.94. The van der Waals surface area contributed by atoms with Crippen LogP contribution in [0.5, 0.6) is 0 Å². The number of nitrogens with zero attached hydrogens (tertiary/aromatic N) is 3. The van der Waals surface area contributed by atoms with Crippen molar-refractivity contribution < 1.29 is 4.79 Å². The molecule has 0 N–H and O–H groups in total. The highest BCUT2D eigenvalue weighted by Crippen LogP contribution is 2.15. The van der Waals surface area contributed by atoms with Crippen molar-refractivity contribution in [3.05, 3.63) is 24.3 Å². The summed E-state index contributed by atoms with van der Waals surface area (Å²) in [6.07, 6.45) is 5.93. The lowest BCUT2D eigenvalue weighted by Crippen LogP contribution is -2.04. The predicted molar refractivity (Wildman–Crippen MR) is 61.5 cm³/mol. The van der Waals surface area contributed by atoms with Gasteiger partial charge in [-0.15, -0.1) is 11.8 Å². The molecule has 0 radical (unpaired) electrons. The van der Waals surface area contributed by atoms with Gasteiger partial charge in [0.2, 0.25) is 0 Å². The summed E-state index contributed by atoms with van der Waals surface area (Å²) in [7, 11) is 3.72. The second kappa shape index (κ2) is 5.50. The molecule has 4 nitrogen and oxygen atoms in total. The first kappa shape index (κ1) is 11.7. The molecule has 0 saturated carbocycles. The van der Waals surface area contributed by atoms with Gasteiger partial charge in [-0.05, 0) is 12.3 Å². The summed E-state index contributed by atoms with van der Waals surface area (Å²) >= 11 is 1.52. The Bertz CT molecular complexity index is 377. The van der Waals surface area contributed by atoms with Crippen LogP contribution in [0.25, 0.3) is 5.57 Å². The summed E-state index contributed by atoms with van der Waals surface area (Å²) in [5, 5.41) is 0.853. The van der Waals surface area contributed by atoms with Crippen LogP contribution in [0.2, 0.25) is 0 Å². The predicted octanol–water partition coefficient (Wildman–Crippen LogP) is 1.30. The minimum absolute atomic E-state index is 0.553. The molecule has 80 valence electrons. The Hall–Kier alpha value is -1.36. The van der Waals surface area contributed by atoms with E-state index in [0.29, 0.717) is 11.3 Å². The van der Waals surface area contributed by atoms with Crippen LogP contribution in [-0.4, -0.2) is 41.5 Å². The van der Waals surface area contributed by atoms with E-state index >= 15 is 0 Å². The smallest absolute Gasteiger partial charge is 0.153 e. The van der Waals surface area contributed by atoms with E-state index in [0.717, 1.165) is 11.3 Å². The highest BCUT2D eigenvalue weighted by atomic mass is 32.2. The highest BCUT2D eigenvalue weighted by Gasteiger charge is 2.04. The van der Waals surface area contributed by atoms with E-state index < -0.39 is 0 Å². The molecule has 0 unspecified atom stereocenters. The normalized spacial score (nSPS) is 11.3. The number of allylic oxidation sites excluding steroid dienone is 1. The molecule has 15 heavy (non-hydrogen) atoms. The number of hydrogen-bond acceptors (Lipinski definition) is 5. The standard InChI is InChI=1S/C10H13N3OS/c1-13(2)5-8(6-14)9-4-10(15-3)12-7-11-9/h4-7H,1-3H3/b8-5-. The van der Waals surface area contributed by atoms with E-state index in [1.165, 1.54) is 18.1 Å². The van der Waals surface area contributed by atoms with Crippen molar-refractivity contribution in [2.24, 2.45) is 0 Å². The molecule has 1 aromatic heterocycles. The van der Waals surface area contributed by atoms with Crippen LogP contribution in [-0.2, 0) is 4.79 Å². The van der Waals surface area contributed by atoms with Crippen LogP contribution in [0, 0.1) is 0 Å². The van der Waals surface area contributed by atoms with Crippen LogP contribution in [0.15, 0.2) is 23.6 Å². The van der Waals surface area contributed by atoms with Crippen molar-refractivity contribution in [3.63, 3.8) is 0 Å². The van der Waals surface area contributed by atoms with Crippen LogP contribution in [0.1, 0.15) is 5.69 Å². The van der Waals surface area contributed by atoms with Crippen LogP contribution in [0.4, 0.5) is 0 Å². The van der Waals surface area contributed by atoms with E-state index in [1.54, 1.807) is 12.3 Å². The van der Waals surface area contributed by atoms with Gasteiger partial charge in [0.05, 0.1) is 16.3 Å². The van der Waals surface area contributed by atoms with Crippen molar-refractivity contribution >= 4 is 23.6 Å². The molecule has 1 aromatic rings. The molecular formula is C10H13N3OS. The molecule has 0 bridgehead atoms. The summed E-state index contributed by atoms with van der Waals surface area (Å²) in [6, 6.07) is 1.80. The van der Waals surface area contributed by atoms with Gasteiger partial charge in [0.25, 0.3) is 0 Å². The number of hydrogen-bond donors (Lipinski definition) is 0. The van der Waals surface area contributed by atoms with E-state index in [2.05, 4.69) is 9.97 Å². The summed E-state index contributed by atoms with van der Waals surface area (Å²) < 4.78 is 0. The zero-order valence-electron chi connectivity index (χ0n) is 8.97. The molecule has 0 spiro atoms. The molecule has 5 heteroatoms. The summed E-state index contributed by atoms with van der Waals surface area (Å²) in [6.45, 7) is 0. The first-order valence-corrected chi connectivity index (χ1v) is 5.59. The Balaban J connectivity index is 3.07. The molecule has 0 fully saturated rings. The average Bonchev–Trinajstić information content (AvgIpc) is 2.25. The summed E-state index contributed by atoms with van der Waals surface area (Å²) in [5.41, 5.74) is 1.20. The largest absolute Gasteiger partial charge is 0.383 e. The zero-order valence-corrected chi connectivity index (χ0v) is 9.78. The molecule has 0 aromatic carbocycles. The van der Waals surface area contributed by atoms with Crippen LogP contribution in [0.3, 0.4) is 0 Å². The number of carbonyl (C=O) groups excluding carboxylic acids is 1. The van der Waals surface area contributed by atoms with Crippen molar-refractivity contribution in [2.45, 2.75) is 5.03 Å². The minimum Gasteiger partial charge on any atom is -0.383 e. The van der Waals surface area contributed by atoms with Crippen molar-refractivity contribution in [1.29, 1.82) is 0 Å². The number of rotatable bonds is 4. The molecule has 0 saturated heterocycles. The lowest BCUT2D eigenvalue weighted by molar-refractivity contribution is -0.103. The lowest BCUT2D eigenvalue weighted by Gasteiger charge is -2.07. The third kappa shape index (κ3) is 3.36. The van der Waals surface area contributed by atoms with Gasteiger partial charge in [-0.2, -0.15) is 0 Å². The Labute approximate surface area is 93.4 Å². The quantitative estimate of drug-likeness (QED) is 0.333. The Morgan fingerprint density at radius 2 is 2.20 bits per heavy atom. The summed E-state index contributed by atoms with van der Waals surface area (Å²) in [4.78, 5) is 20.8. The molecule has 0 aliphatic rings. The van der Waals surface area contributed by atoms with Gasteiger partial charge >= 0.3 is 0 Å². The third-order valence-electron chi connectivity index (χ3n) is 1.67. The van der Waals surface area contributed by atoms with E-state index in [9.17, 15) is 4.79 Å².